The lowest BCUT2D eigenvalue weighted by atomic mass is 10.0. The summed E-state index contributed by atoms with van der Waals surface area (Å²) < 4.78 is 5.73. The standard InChI is InChI=1S/C23H22O3/c1-2-17-8-10-18(11-9-17)16-22(23(24)25)26-21-14-12-20(13-15-21)19-6-4-3-5-7-19/h3-15,22H,2,16H2,1H3,(H,24,25). The molecule has 3 aromatic carbocycles. The van der Waals surface area contributed by atoms with Gasteiger partial charge in [0.25, 0.3) is 0 Å². The summed E-state index contributed by atoms with van der Waals surface area (Å²) in [4.78, 5) is 11.6. The molecule has 0 heterocycles. The fraction of sp³-hybridized carbons (Fsp3) is 0.174. The van der Waals surface area contributed by atoms with Crippen LogP contribution in [0.5, 0.6) is 5.75 Å². The average Bonchev–Trinajstić information content (AvgIpc) is 2.69. The van der Waals surface area contributed by atoms with E-state index < -0.39 is 12.1 Å². The maximum Gasteiger partial charge on any atom is 0.345 e. The molecule has 0 fully saturated rings. The number of rotatable bonds is 7. The van der Waals surface area contributed by atoms with Gasteiger partial charge >= 0.3 is 5.97 Å². The Morgan fingerprint density at radius 3 is 2.00 bits per heavy atom. The van der Waals surface area contributed by atoms with Gasteiger partial charge in [0.2, 0.25) is 0 Å². The van der Waals surface area contributed by atoms with Crippen molar-refractivity contribution in [3.05, 3.63) is 90.0 Å². The van der Waals surface area contributed by atoms with Gasteiger partial charge in [0.1, 0.15) is 5.75 Å². The molecule has 0 saturated heterocycles. The Bertz CT molecular complexity index is 837. The SMILES string of the molecule is CCc1ccc(CC(Oc2ccc(-c3ccccc3)cc2)C(=O)O)cc1. The summed E-state index contributed by atoms with van der Waals surface area (Å²) in [7, 11) is 0. The molecule has 0 bridgehead atoms. The molecule has 0 aromatic heterocycles. The number of carbonyl (C=O) groups is 1. The quantitative estimate of drug-likeness (QED) is 0.655. The van der Waals surface area contributed by atoms with E-state index in [1.165, 1.54) is 5.56 Å². The van der Waals surface area contributed by atoms with Crippen molar-refractivity contribution in [2.24, 2.45) is 0 Å². The fourth-order valence-corrected chi connectivity index (χ4v) is 2.83. The van der Waals surface area contributed by atoms with Crippen LogP contribution in [0.2, 0.25) is 0 Å². The summed E-state index contributed by atoms with van der Waals surface area (Å²) in [6.07, 6.45) is 0.386. The zero-order valence-electron chi connectivity index (χ0n) is 14.8. The minimum atomic E-state index is -0.961. The fourth-order valence-electron chi connectivity index (χ4n) is 2.83. The third-order valence-electron chi connectivity index (χ3n) is 4.37. The van der Waals surface area contributed by atoms with Gasteiger partial charge in [-0.2, -0.15) is 0 Å². The third kappa shape index (κ3) is 4.51. The van der Waals surface area contributed by atoms with Gasteiger partial charge in [-0.15, -0.1) is 0 Å². The highest BCUT2D eigenvalue weighted by Crippen LogP contribution is 2.23. The van der Waals surface area contributed by atoms with Gasteiger partial charge in [-0.1, -0.05) is 73.7 Å². The molecule has 3 heteroatoms. The van der Waals surface area contributed by atoms with Crippen LogP contribution >= 0.6 is 0 Å². The lowest BCUT2D eigenvalue weighted by Crippen LogP contribution is -2.29. The van der Waals surface area contributed by atoms with Gasteiger partial charge in [-0.3, -0.25) is 0 Å². The Labute approximate surface area is 153 Å². The second kappa shape index (κ2) is 8.34. The van der Waals surface area contributed by atoms with Crippen molar-refractivity contribution in [1.82, 2.24) is 0 Å². The Morgan fingerprint density at radius 2 is 1.42 bits per heavy atom. The third-order valence-corrected chi connectivity index (χ3v) is 4.37. The Hall–Kier alpha value is -3.07. The van der Waals surface area contributed by atoms with Crippen molar-refractivity contribution in [3.63, 3.8) is 0 Å². The van der Waals surface area contributed by atoms with Crippen LogP contribution in [0.15, 0.2) is 78.9 Å². The van der Waals surface area contributed by atoms with Gasteiger partial charge in [-0.25, -0.2) is 4.79 Å². The first kappa shape index (κ1) is 17.7. The van der Waals surface area contributed by atoms with Gasteiger partial charge in [0.15, 0.2) is 6.10 Å². The second-order valence-corrected chi connectivity index (χ2v) is 6.21. The minimum absolute atomic E-state index is 0.333. The highest BCUT2D eigenvalue weighted by Gasteiger charge is 2.20. The number of carboxylic acid groups (broad SMARTS) is 1. The van der Waals surface area contributed by atoms with Crippen LogP contribution in [-0.2, 0) is 17.6 Å². The average molecular weight is 346 g/mol. The lowest BCUT2D eigenvalue weighted by Gasteiger charge is -2.16. The molecular weight excluding hydrogens is 324 g/mol. The number of aryl methyl sites for hydroxylation is 1. The van der Waals surface area contributed by atoms with Crippen LogP contribution < -0.4 is 4.74 Å². The Morgan fingerprint density at radius 1 is 0.846 bits per heavy atom. The van der Waals surface area contributed by atoms with E-state index in [-0.39, 0.29) is 0 Å². The van der Waals surface area contributed by atoms with Crippen LogP contribution in [0.3, 0.4) is 0 Å². The van der Waals surface area contributed by atoms with E-state index in [1.807, 2.05) is 78.9 Å². The lowest BCUT2D eigenvalue weighted by molar-refractivity contribution is -0.145. The Balaban J connectivity index is 1.70. The molecule has 1 N–H and O–H groups in total. The molecule has 0 amide bonds. The molecule has 0 saturated carbocycles. The van der Waals surface area contributed by atoms with E-state index in [4.69, 9.17) is 4.74 Å². The molecule has 0 aliphatic carbocycles. The van der Waals surface area contributed by atoms with E-state index in [1.54, 1.807) is 0 Å². The van der Waals surface area contributed by atoms with Crippen molar-refractivity contribution in [2.75, 3.05) is 0 Å². The largest absolute Gasteiger partial charge is 0.478 e. The molecule has 1 unspecified atom stereocenters. The number of benzene rings is 3. The van der Waals surface area contributed by atoms with E-state index in [2.05, 4.69) is 6.92 Å². The van der Waals surface area contributed by atoms with Crippen LogP contribution in [0, 0.1) is 0 Å². The molecule has 3 aromatic rings. The molecule has 132 valence electrons. The normalized spacial score (nSPS) is 11.7. The summed E-state index contributed by atoms with van der Waals surface area (Å²) >= 11 is 0. The predicted molar refractivity (Wildman–Crippen MR) is 103 cm³/mol. The minimum Gasteiger partial charge on any atom is -0.478 e. The highest BCUT2D eigenvalue weighted by molar-refractivity contribution is 5.73. The van der Waals surface area contributed by atoms with Gasteiger partial charge < -0.3 is 9.84 Å². The molecular formula is C23H22O3. The van der Waals surface area contributed by atoms with Crippen molar-refractivity contribution < 1.29 is 14.6 Å². The summed E-state index contributed by atoms with van der Waals surface area (Å²) in [5.74, 6) is -0.404. The monoisotopic (exact) mass is 346 g/mol. The molecule has 0 radical (unpaired) electrons. The summed E-state index contributed by atoms with van der Waals surface area (Å²) in [6, 6.07) is 25.6. The first-order valence-electron chi connectivity index (χ1n) is 8.78. The van der Waals surface area contributed by atoms with E-state index in [0.29, 0.717) is 12.2 Å². The van der Waals surface area contributed by atoms with Crippen molar-refractivity contribution >= 4 is 5.97 Å². The number of ether oxygens (including phenoxy) is 1. The molecule has 1 atom stereocenters. The Kier molecular flexibility index (Phi) is 5.69. The van der Waals surface area contributed by atoms with Crippen molar-refractivity contribution in [1.29, 1.82) is 0 Å². The molecule has 0 aliphatic heterocycles. The van der Waals surface area contributed by atoms with E-state index >= 15 is 0 Å². The van der Waals surface area contributed by atoms with E-state index in [0.717, 1.165) is 23.1 Å². The van der Waals surface area contributed by atoms with Gasteiger partial charge in [0, 0.05) is 6.42 Å². The maximum absolute atomic E-state index is 11.6. The van der Waals surface area contributed by atoms with Crippen LogP contribution in [-0.4, -0.2) is 17.2 Å². The number of hydrogen-bond donors (Lipinski definition) is 1. The van der Waals surface area contributed by atoms with Crippen LogP contribution in [0.4, 0.5) is 0 Å². The zero-order valence-corrected chi connectivity index (χ0v) is 14.8. The molecule has 3 rings (SSSR count). The first-order valence-corrected chi connectivity index (χ1v) is 8.78. The van der Waals surface area contributed by atoms with Gasteiger partial charge in [-0.05, 0) is 40.8 Å². The second-order valence-electron chi connectivity index (χ2n) is 6.21. The van der Waals surface area contributed by atoms with Gasteiger partial charge in [0.05, 0.1) is 0 Å². The molecule has 0 spiro atoms. The smallest absolute Gasteiger partial charge is 0.345 e. The van der Waals surface area contributed by atoms with E-state index in [9.17, 15) is 9.90 Å². The van der Waals surface area contributed by atoms with Crippen LogP contribution in [0.25, 0.3) is 11.1 Å². The number of hydrogen-bond acceptors (Lipinski definition) is 2. The number of aliphatic carboxylic acids is 1. The topological polar surface area (TPSA) is 46.5 Å². The van der Waals surface area contributed by atoms with Crippen molar-refractivity contribution in [3.8, 4) is 16.9 Å². The van der Waals surface area contributed by atoms with Crippen LogP contribution in [0.1, 0.15) is 18.1 Å². The number of carboxylic acids is 1. The summed E-state index contributed by atoms with van der Waals surface area (Å²) in [5, 5.41) is 9.50. The molecule has 3 nitrogen and oxygen atoms in total. The summed E-state index contributed by atoms with van der Waals surface area (Å²) in [5.41, 5.74) is 4.37. The molecule has 0 aliphatic rings. The maximum atomic E-state index is 11.6. The predicted octanol–water partition coefficient (Wildman–Crippen LogP) is 4.99. The van der Waals surface area contributed by atoms with Crippen molar-refractivity contribution in [2.45, 2.75) is 25.9 Å². The molecule has 26 heavy (non-hydrogen) atoms. The zero-order chi connectivity index (χ0) is 18.4. The highest BCUT2D eigenvalue weighted by atomic mass is 16.5. The first-order chi connectivity index (χ1) is 12.7. The summed E-state index contributed by atoms with van der Waals surface area (Å²) in [6.45, 7) is 2.09.